The number of aliphatic hydroxyl groups excluding tert-OH is 2. The highest BCUT2D eigenvalue weighted by molar-refractivity contribution is 7.98. The number of amides is 9. The number of ether oxygens (including phenoxy) is 3. The predicted octanol–water partition coefficient (Wildman–Crippen LogP) is -2.86. The second-order valence-corrected chi connectivity index (χ2v) is 21.6. The number of carbonyl (C=O) groups excluding carboxylic acids is 10. The minimum Gasteiger partial charge on any atom is -0.508 e. The van der Waals surface area contributed by atoms with Gasteiger partial charge in [0.15, 0.2) is 0 Å². The first-order valence-corrected chi connectivity index (χ1v) is 29.9. The number of hydrogen-bond acceptors (Lipinski definition) is 20. The molecule has 1 aliphatic heterocycles. The zero-order valence-electron chi connectivity index (χ0n) is 48.3. The minimum absolute atomic E-state index is 0.0177. The smallest absolute Gasteiger partial charge is 0.328 e. The fourth-order valence-electron chi connectivity index (χ4n) is 8.38. The van der Waals surface area contributed by atoms with E-state index >= 15 is 0 Å². The molecule has 472 valence electrons. The molecule has 0 aromatic heterocycles. The molecule has 1 fully saturated rings. The van der Waals surface area contributed by atoms with E-state index < -0.39 is 145 Å². The van der Waals surface area contributed by atoms with Gasteiger partial charge in [-0.15, -0.1) is 0 Å². The van der Waals surface area contributed by atoms with Crippen molar-refractivity contribution in [3.05, 3.63) is 95.6 Å². The number of phenolic OH excluding ortho intramolecular Hbond substituents is 2. The average molecular weight is 1240 g/mol. The second kappa shape index (κ2) is 37.1. The molecular formula is C57H80N10O17S2. The number of rotatable bonds is 30. The lowest BCUT2D eigenvalue weighted by molar-refractivity contribution is -0.151. The highest BCUT2D eigenvalue weighted by Gasteiger charge is 2.38. The summed E-state index contributed by atoms with van der Waals surface area (Å²) in [4.78, 5) is 139. The Bertz CT molecular complexity index is 2720. The molecular weight excluding hydrogens is 1160 g/mol. The van der Waals surface area contributed by atoms with Crippen LogP contribution < -0.4 is 53.6 Å². The van der Waals surface area contributed by atoms with E-state index in [4.69, 9.17) is 19.9 Å². The van der Waals surface area contributed by atoms with Crippen molar-refractivity contribution in [3.8, 4) is 11.5 Å². The summed E-state index contributed by atoms with van der Waals surface area (Å²) in [5.41, 5.74) is 7.09. The van der Waals surface area contributed by atoms with Crippen molar-refractivity contribution in [1.82, 2.24) is 47.9 Å². The van der Waals surface area contributed by atoms with Crippen LogP contribution in [0.3, 0.4) is 0 Å². The molecule has 86 heavy (non-hydrogen) atoms. The van der Waals surface area contributed by atoms with Gasteiger partial charge < -0.3 is 88.2 Å². The van der Waals surface area contributed by atoms with E-state index in [1.807, 2.05) is 0 Å². The Balaban J connectivity index is 1.60. The van der Waals surface area contributed by atoms with E-state index in [0.717, 1.165) is 6.92 Å². The number of nitrogens with one attached hydrogen (secondary N) is 9. The molecule has 3 aromatic rings. The molecule has 27 nitrogen and oxygen atoms in total. The van der Waals surface area contributed by atoms with Crippen LogP contribution in [-0.4, -0.2) is 204 Å². The molecule has 4 rings (SSSR count). The molecule has 0 saturated carbocycles. The fourth-order valence-corrected chi connectivity index (χ4v) is 9.01. The van der Waals surface area contributed by atoms with E-state index in [1.54, 1.807) is 50.4 Å². The van der Waals surface area contributed by atoms with Crippen molar-refractivity contribution in [2.24, 2.45) is 11.7 Å². The standard InChI is InChI=1S/C57H80N10O17S2/c1-5-32(2)47-55(79)61-40(19-24-86-4)57(81)84-29-45(54(78)63-42(27-36-13-17-38(71)18-14-36)51(75)62-43(52(76)66-47)25-34-9-7-6-8-10-34)65-56(80)48(33(3)69)67-53(77)44(28-68)64-50(74)41(26-35-11-15-37(70)16-12-35)60-46(72)30-83-23-22-82-21-20-59-49(73)39(58)31-85/h6-18,32-33,39-45,47-48,68-71,85H,5,19-31,58H2,1-4H3,(H,59,73)(H,60,72)(H,61,79)(H,62,75)(H,63,78)(H,64,74)(H,65,80)(H,66,76)(H,67,77)/t32-,33+,39-,40-,41-,42-,43-,44-,45-,47-,48-/m0/s1. The van der Waals surface area contributed by atoms with Crippen LogP contribution in [-0.2, 0) is 81.4 Å². The fraction of sp³-hybridized carbons (Fsp3) is 0.509. The number of nitrogens with two attached hydrogens (primary N) is 1. The van der Waals surface area contributed by atoms with Gasteiger partial charge in [-0.2, -0.15) is 24.4 Å². The Morgan fingerprint density at radius 2 is 1.28 bits per heavy atom. The summed E-state index contributed by atoms with van der Waals surface area (Å²) in [6.07, 6.45) is -0.147. The van der Waals surface area contributed by atoms with Crippen LogP contribution in [0, 0.1) is 5.92 Å². The third kappa shape index (κ3) is 24.1. The normalized spacial score (nSPS) is 19.9. The summed E-state index contributed by atoms with van der Waals surface area (Å²) in [5.74, 6) is -9.53. The number of thiol groups is 1. The van der Waals surface area contributed by atoms with Crippen molar-refractivity contribution in [1.29, 1.82) is 0 Å². The van der Waals surface area contributed by atoms with Gasteiger partial charge in [0.1, 0.15) is 73.0 Å². The summed E-state index contributed by atoms with van der Waals surface area (Å²) < 4.78 is 16.4. The van der Waals surface area contributed by atoms with Crippen LogP contribution in [0.2, 0.25) is 0 Å². The number of aliphatic hydroxyl groups is 2. The lowest BCUT2D eigenvalue weighted by atomic mass is 9.96. The highest BCUT2D eigenvalue weighted by Crippen LogP contribution is 2.16. The molecule has 1 heterocycles. The zero-order valence-corrected chi connectivity index (χ0v) is 50.0. The summed E-state index contributed by atoms with van der Waals surface area (Å²) in [6.45, 7) is 2.24. The van der Waals surface area contributed by atoms with E-state index in [0.29, 0.717) is 28.9 Å². The quantitative estimate of drug-likeness (QED) is 0.0181. The van der Waals surface area contributed by atoms with Crippen LogP contribution >= 0.6 is 24.4 Å². The van der Waals surface area contributed by atoms with Gasteiger partial charge >= 0.3 is 5.97 Å². The maximum Gasteiger partial charge on any atom is 0.328 e. The third-order valence-corrected chi connectivity index (χ3v) is 14.6. The summed E-state index contributed by atoms with van der Waals surface area (Å²) in [5, 5.41) is 64.1. The van der Waals surface area contributed by atoms with Crippen molar-refractivity contribution >= 4 is 83.5 Å². The second-order valence-electron chi connectivity index (χ2n) is 20.3. The Morgan fingerprint density at radius 1 is 0.709 bits per heavy atom. The molecule has 29 heteroatoms. The van der Waals surface area contributed by atoms with E-state index in [9.17, 15) is 68.4 Å². The lowest BCUT2D eigenvalue weighted by Gasteiger charge is -2.30. The SMILES string of the molecule is CC[C@H](C)[C@@H]1NC(=O)[C@H](Cc2ccccc2)NC(=O)[C@H](Cc2ccc(O)cc2)NC(=O)[C@@H](NC(=O)[C@@H](NC(=O)[C@H](CO)NC(=O)[C@H](Cc2ccc(O)cc2)NC(=O)COCCOCCNC(=O)[C@@H](N)CS)[C@@H](C)O)COC(=O)[C@H](CCSC)NC1=O. The third-order valence-electron chi connectivity index (χ3n) is 13.5. The number of esters is 1. The number of carbonyl (C=O) groups is 10. The molecule has 0 radical (unpaired) electrons. The average Bonchev–Trinajstić information content (AvgIpc) is 3.19. The Morgan fingerprint density at radius 3 is 1.87 bits per heavy atom. The maximum absolute atomic E-state index is 14.6. The first-order valence-electron chi connectivity index (χ1n) is 27.8. The van der Waals surface area contributed by atoms with Crippen LogP contribution in [0.15, 0.2) is 78.9 Å². The molecule has 11 atom stereocenters. The first-order chi connectivity index (χ1) is 41.1. The highest BCUT2D eigenvalue weighted by atomic mass is 32.2. The van der Waals surface area contributed by atoms with Crippen molar-refractivity contribution in [3.63, 3.8) is 0 Å². The predicted molar refractivity (Wildman–Crippen MR) is 318 cm³/mol. The Labute approximate surface area is 507 Å². The molecule has 0 aliphatic carbocycles. The molecule has 15 N–H and O–H groups in total. The van der Waals surface area contributed by atoms with E-state index in [2.05, 4.69) is 60.5 Å². The van der Waals surface area contributed by atoms with Gasteiger partial charge in [0.2, 0.25) is 53.2 Å². The van der Waals surface area contributed by atoms with Crippen molar-refractivity contribution in [2.75, 3.05) is 63.9 Å². The molecule has 3 aromatic carbocycles. The topological polar surface area (TPSA) is 414 Å². The lowest BCUT2D eigenvalue weighted by Crippen LogP contribution is -2.63. The molecule has 1 saturated heterocycles. The summed E-state index contributed by atoms with van der Waals surface area (Å²) in [6, 6.07) is 6.47. The molecule has 0 unspecified atom stereocenters. The Hall–Kier alpha value is -7.54. The van der Waals surface area contributed by atoms with Crippen LogP contribution in [0.5, 0.6) is 11.5 Å². The van der Waals surface area contributed by atoms with Gasteiger partial charge in [-0.1, -0.05) is 74.9 Å². The van der Waals surface area contributed by atoms with Gasteiger partial charge in [0.25, 0.3) is 0 Å². The first kappa shape index (κ1) is 70.9. The van der Waals surface area contributed by atoms with Crippen LogP contribution in [0.1, 0.15) is 50.3 Å². The van der Waals surface area contributed by atoms with Gasteiger partial charge in [-0.05, 0) is 72.2 Å². The number of aromatic hydroxyl groups is 2. The van der Waals surface area contributed by atoms with E-state index in [-0.39, 0.29) is 69.3 Å². The zero-order chi connectivity index (χ0) is 63.3. The van der Waals surface area contributed by atoms with Gasteiger partial charge in [0.05, 0.1) is 38.6 Å². The van der Waals surface area contributed by atoms with Crippen molar-refractivity contribution < 1.29 is 82.6 Å². The number of benzene rings is 3. The van der Waals surface area contributed by atoms with Gasteiger partial charge in [-0.25, -0.2) is 4.79 Å². The number of phenols is 2. The molecule has 9 amide bonds. The maximum atomic E-state index is 14.6. The van der Waals surface area contributed by atoms with Crippen LogP contribution in [0.4, 0.5) is 0 Å². The summed E-state index contributed by atoms with van der Waals surface area (Å²) in [7, 11) is 0. The van der Waals surface area contributed by atoms with Gasteiger partial charge in [-0.3, -0.25) is 43.2 Å². The van der Waals surface area contributed by atoms with Crippen molar-refractivity contribution in [2.45, 2.75) is 113 Å². The largest absolute Gasteiger partial charge is 0.508 e. The number of cyclic esters (lactones) is 1. The minimum atomic E-state index is -1.97. The number of hydrogen-bond donors (Lipinski definition) is 15. The van der Waals surface area contributed by atoms with Crippen LogP contribution in [0.25, 0.3) is 0 Å². The molecule has 0 spiro atoms. The van der Waals surface area contributed by atoms with Gasteiger partial charge in [0, 0.05) is 31.6 Å². The van der Waals surface area contributed by atoms with E-state index in [1.165, 1.54) is 60.3 Å². The number of thioether (sulfide) groups is 1. The Kier molecular flexibility index (Phi) is 30.6. The molecule has 0 bridgehead atoms. The molecule has 1 aliphatic rings. The summed E-state index contributed by atoms with van der Waals surface area (Å²) >= 11 is 5.32. The monoisotopic (exact) mass is 1240 g/mol.